The third kappa shape index (κ3) is 6.55. The summed E-state index contributed by atoms with van der Waals surface area (Å²) in [6.45, 7) is 3.87. The molecule has 9 heteroatoms. The van der Waals surface area contributed by atoms with Crippen LogP contribution in [0.15, 0.2) is 41.0 Å². The summed E-state index contributed by atoms with van der Waals surface area (Å²) in [6, 6.07) is 8.73. The van der Waals surface area contributed by atoms with Gasteiger partial charge in [0, 0.05) is 18.5 Å². The first-order valence-corrected chi connectivity index (χ1v) is 8.57. The first-order chi connectivity index (χ1) is 12.8. The first kappa shape index (κ1) is 20.1. The number of carbonyl (C=O) groups is 3. The molecular weight excluding hydrogens is 368 g/mol. The van der Waals surface area contributed by atoms with E-state index in [9.17, 15) is 14.4 Å². The summed E-state index contributed by atoms with van der Waals surface area (Å²) >= 11 is 4.89. The van der Waals surface area contributed by atoms with E-state index >= 15 is 0 Å². The number of furan rings is 1. The molecule has 0 aliphatic rings. The van der Waals surface area contributed by atoms with Gasteiger partial charge in [0.05, 0.1) is 6.26 Å². The van der Waals surface area contributed by atoms with Crippen molar-refractivity contribution in [2.75, 3.05) is 5.32 Å². The highest BCUT2D eigenvalue weighted by Gasteiger charge is 2.12. The smallest absolute Gasteiger partial charge is 0.293 e. The van der Waals surface area contributed by atoms with Crippen molar-refractivity contribution >= 4 is 40.7 Å². The maximum absolute atomic E-state index is 12.0. The van der Waals surface area contributed by atoms with E-state index < -0.39 is 11.8 Å². The molecule has 0 aliphatic heterocycles. The number of aryl methyl sites for hydroxylation is 2. The van der Waals surface area contributed by atoms with Crippen molar-refractivity contribution in [2.24, 2.45) is 0 Å². The molecule has 0 aliphatic carbocycles. The van der Waals surface area contributed by atoms with E-state index in [4.69, 9.17) is 16.6 Å². The lowest BCUT2D eigenvalue weighted by molar-refractivity contribution is -0.124. The standard InChI is InChI=1S/C18H20N4O4S/c1-11-5-6-13(12(2)10-11)19-15(23)7-8-16(24)21-22-18(27)20-17(25)14-4-3-9-26-14/h3-6,9-10H,7-8H2,1-2H3,(H,19,23)(H,21,24)(H2,20,22,25,27). The quantitative estimate of drug-likeness (QED) is 0.460. The second kappa shape index (κ2) is 9.48. The van der Waals surface area contributed by atoms with Gasteiger partial charge in [-0.05, 0) is 49.8 Å². The predicted octanol–water partition coefficient (Wildman–Crippen LogP) is 1.95. The van der Waals surface area contributed by atoms with Gasteiger partial charge in [-0.15, -0.1) is 0 Å². The molecule has 0 spiro atoms. The summed E-state index contributed by atoms with van der Waals surface area (Å²) in [5.41, 5.74) is 7.47. The number of anilines is 1. The molecule has 0 saturated carbocycles. The van der Waals surface area contributed by atoms with E-state index in [1.54, 1.807) is 6.07 Å². The Hall–Kier alpha value is -3.20. The fraction of sp³-hybridized carbons (Fsp3) is 0.222. The van der Waals surface area contributed by atoms with Crippen molar-refractivity contribution in [1.29, 1.82) is 0 Å². The minimum absolute atomic E-state index is 0.00630. The Morgan fingerprint density at radius 2 is 1.78 bits per heavy atom. The van der Waals surface area contributed by atoms with Gasteiger partial charge in [0.25, 0.3) is 5.91 Å². The monoisotopic (exact) mass is 388 g/mol. The number of benzene rings is 1. The third-order valence-electron chi connectivity index (χ3n) is 3.52. The first-order valence-electron chi connectivity index (χ1n) is 8.16. The molecule has 1 aromatic carbocycles. The second-order valence-corrected chi connectivity index (χ2v) is 6.21. The summed E-state index contributed by atoms with van der Waals surface area (Å²) in [5.74, 6) is -1.17. The highest BCUT2D eigenvalue weighted by Crippen LogP contribution is 2.16. The van der Waals surface area contributed by atoms with E-state index in [1.165, 1.54) is 12.3 Å². The molecule has 142 valence electrons. The fourth-order valence-corrected chi connectivity index (χ4v) is 2.33. The number of thiocarbonyl (C=S) groups is 1. The lowest BCUT2D eigenvalue weighted by Crippen LogP contribution is -2.48. The summed E-state index contributed by atoms with van der Waals surface area (Å²) in [4.78, 5) is 35.5. The van der Waals surface area contributed by atoms with Gasteiger partial charge in [0.15, 0.2) is 10.9 Å². The molecule has 1 aromatic heterocycles. The maximum atomic E-state index is 12.0. The van der Waals surface area contributed by atoms with E-state index in [0.29, 0.717) is 5.69 Å². The Morgan fingerprint density at radius 3 is 2.44 bits per heavy atom. The van der Waals surface area contributed by atoms with Crippen molar-refractivity contribution in [2.45, 2.75) is 26.7 Å². The molecule has 0 radical (unpaired) electrons. The summed E-state index contributed by atoms with van der Waals surface area (Å²) in [6.07, 6.45) is 1.32. The van der Waals surface area contributed by atoms with Crippen molar-refractivity contribution in [3.05, 3.63) is 53.5 Å². The van der Waals surface area contributed by atoms with Crippen molar-refractivity contribution in [3.8, 4) is 0 Å². The van der Waals surface area contributed by atoms with Gasteiger partial charge in [-0.3, -0.25) is 30.6 Å². The van der Waals surface area contributed by atoms with Crippen LogP contribution in [-0.2, 0) is 9.59 Å². The summed E-state index contributed by atoms with van der Waals surface area (Å²) < 4.78 is 4.92. The highest BCUT2D eigenvalue weighted by molar-refractivity contribution is 7.80. The van der Waals surface area contributed by atoms with Crippen LogP contribution in [0, 0.1) is 13.8 Å². The normalized spacial score (nSPS) is 10.0. The number of amides is 3. The van der Waals surface area contributed by atoms with E-state index in [-0.39, 0.29) is 29.6 Å². The van der Waals surface area contributed by atoms with Gasteiger partial charge in [0.1, 0.15) is 0 Å². The molecule has 0 atom stereocenters. The predicted molar refractivity (Wildman–Crippen MR) is 104 cm³/mol. The minimum atomic E-state index is -0.542. The Labute approximate surface area is 161 Å². The Bertz CT molecular complexity index is 849. The van der Waals surface area contributed by atoms with Gasteiger partial charge in [-0.1, -0.05) is 17.7 Å². The minimum Gasteiger partial charge on any atom is -0.459 e. The van der Waals surface area contributed by atoms with Crippen LogP contribution in [0.5, 0.6) is 0 Å². The van der Waals surface area contributed by atoms with Crippen molar-refractivity contribution in [3.63, 3.8) is 0 Å². The summed E-state index contributed by atoms with van der Waals surface area (Å²) in [5, 5.41) is 5.01. The van der Waals surface area contributed by atoms with Crippen LogP contribution in [0.3, 0.4) is 0 Å². The van der Waals surface area contributed by atoms with Crippen LogP contribution in [-0.4, -0.2) is 22.8 Å². The van der Waals surface area contributed by atoms with E-state index in [2.05, 4.69) is 21.5 Å². The van der Waals surface area contributed by atoms with Gasteiger partial charge in [-0.25, -0.2) is 0 Å². The SMILES string of the molecule is Cc1ccc(NC(=O)CCC(=O)NNC(=S)NC(=O)c2ccco2)c(C)c1. The Kier molecular flexibility index (Phi) is 7.07. The van der Waals surface area contributed by atoms with E-state index in [0.717, 1.165) is 11.1 Å². The largest absolute Gasteiger partial charge is 0.459 e. The van der Waals surface area contributed by atoms with Crippen LogP contribution in [0.2, 0.25) is 0 Å². The van der Waals surface area contributed by atoms with Gasteiger partial charge in [-0.2, -0.15) is 0 Å². The van der Waals surface area contributed by atoms with Gasteiger partial charge >= 0.3 is 0 Å². The van der Waals surface area contributed by atoms with Crippen LogP contribution in [0.4, 0.5) is 5.69 Å². The number of hydrazine groups is 1. The molecule has 0 fully saturated rings. The van der Waals surface area contributed by atoms with Crippen LogP contribution < -0.4 is 21.5 Å². The molecule has 0 unspecified atom stereocenters. The number of rotatable bonds is 5. The molecule has 0 saturated heterocycles. The molecule has 4 N–H and O–H groups in total. The fourth-order valence-electron chi connectivity index (χ4n) is 2.19. The average Bonchev–Trinajstić information content (AvgIpc) is 3.15. The van der Waals surface area contributed by atoms with Gasteiger partial charge in [0.2, 0.25) is 11.8 Å². The Balaban J connectivity index is 1.68. The van der Waals surface area contributed by atoms with Crippen LogP contribution in [0.25, 0.3) is 0 Å². The highest BCUT2D eigenvalue weighted by atomic mass is 32.1. The zero-order valence-electron chi connectivity index (χ0n) is 14.9. The number of nitrogens with one attached hydrogen (secondary N) is 4. The molecule has 8 nitrogen and oxygen atoms in total. The van der Waals surface area contributed by atoms with Crippen molar-refractivity contribution in [1.82, 2.24) is 16.2 Å². The van der Waals surface area contributed by atoms with Crippen LogP contribution in [0.1, 0.15) is 34.5 Å². The zero-order chi connectivity index (χ0) is 19.8. The summed E-state index contributed by atoms with van der Waals surface area (Å²) in [7, 11) is 0. The molecule has 2 aromatic rings. The number of hydrogen-bond acceptors (Lipinski definition) is 5. The van der Waals surface area contributed by atoms with Crippen molar-refractivity contribution < 1.29 is 18.8 Å². The van der Waals surface area contributed by atoms with E-state index in [1.807, 2.05) is 32.0 Å². The molecule has 3 amide bonds. The molecule has 0 bridgehead atoms. The lowest BCUT2D eigenvalue weighted by Gasteiger charge is -2.11. The number of hydrogen-bond donors (Lipinski definition) is 4. The maximum Gasteiger partial charge on any atom is 0.293 e. The number of carbonyl (C=O) groups excluding carboxylic acids is 3. The molecule has 27 heavy (non-hydrogen) atoms. The molecule has 2 rings (SSSR count). The zero-order valence-corrected chi connectivity index (χ0v) is 15.7. The van der Waals surface area contributed by atoms with Gasteiger partial charge < -0.3 is 9.73 Å². The topological polar surface area (TPSA) is 112 Å². The second-order valence-electron chi connectivity index (χ2n) is 5.80. The Morgan fingerprint density at radius 1 is 1.04 bits per heavy atom. The van der Waals surface area contributed by atoms with Crippen LogP contribution >= 0.6 is 12.2 Å². The third-order valence-corrected chi connectivity index (χ3v) is 3.73. The lowest BCUT2D eigenvalue weighted by atomic mass is 10.1. The molecular formula is C18H20N4O4S. The average molecular weight is 388 g/mol. The molecule has 1 heterocycles.